The minimum atomic E-state index is 0. The molecule has 0 aromatic heterocycles. The normalized spacial score (nSPS) is 0. The molecule has 0 fully saturated rings. The van der Waals surface area contributed by atoms with E-state index in [1.54, 1.807) is 0 Å². The molecular weight excluding hydrogens is 126 g/mol. The first kappa shape index (κ1) is 31.8. The van der Waals surface area contributed by atoms with Crippen LogP contribution in [0.5, 0.6) is 0 Å². The van der Waals surface area contributed by atoms with Crippen LogP contribution in [-0.4, -0.2) is 57.9 Å². The van der Waals surface area contributed by atoms with Gasteiger partial charge in [-0.25, -0.2) is 0 Å². The molecule has 0 aliphatic carbocycles. The van der Waals surface area contributed by atoms with Crippen molar-refractivity contribution in [1.82, 2.24) is 0 Å². The van der Waals surface area contributed by atoms with Gasteiger partial charge in [0.1, 0.15) is 0 Å². The van der Waals surface area contributed by atoms with Gasteiger partial charge in [-0.1, -0.05) is 0 Å². The molecule has 0 aliphatic rings. The standard InChI is InChI=1S/Al.Na.H4Si.Ti.4H/h;;1H4;;;;;. The van der Waals surface area contributed by atoms with Crippen molar-refractivity contribution in [2.24, 2.45) is 0 Å². The summed E-state index contributed by atoms with van der Waals surface area (Å²) in [5.41, 5.74) is 0. The number of rotatable bonds is 0. The Morgan fingerprint density at radius 1 is 1.00 bits per heavy atom. The van der Waals surface area contributed by atoms with Crippen molar-refractivity contribution < 1.29 is 21.7 Å². The van der Waals surface area contributed by atoms with Crippen LogP contribution in [0.2, 0.25) is 0 Å². The van der Waals surface area contributed by atoms with Gasteiger partial charge >= 0.3 is 29.6 Å². The van der Waals surface area contributed by atoms with E-state index in [0.29, 0.717) is 0 Å². The van der Waals surface area contributed by atoms with Crippen molar-refractivity contribution >= 4 is 57.9 Å². The van der Waals surface area contributed by atoms with Crippen molar-refractivity contribution in [2.45, 2.75) is 0 Å². The van der Waals surface area contributed by atoms with Crippen LogP contribution in [0.3, 0.4) is 0 Å². The fourth-order valence-electron chi connectivity index (χ4n) is 0. The molecule has 0 aromatic carbocycles. The molecule has 20 valence electrons. The molecule has 0 spiro atoms. The van der Waals surface area contributed by atoms with Gasteiger partial charge in [0.15, 0.2) is 17.4 Å². The van der Waals surface area contributed by atoms with Gasteiger partial charge in [0, 0.05) is 21.7 Å². The van der Waals surface area contributed by atoms with Gasteiger partial charge in [-0.05, 0) is 11.0 Å². The molecule has 0 heterocycles. The third-order valence-electron chi connectivity index (χ3n) is 0. The average Bonchev–Trinajstić information content (AvgIpc) is 0. The zero-order valence-corrected chi connectivity index (χ0v) is 2.06. The fourth-order valence-corrected chi connectivity index (χ4v) is 0. The van der Waals surface area contributed by atoms with E-state index in [-0.39, 0.29) is 79.6 Å². The van der Waals surface area contributed by atoms with Crippen molar-refractivity contribution in [3.63, 3.8) is 0 Å². The Hall–Kier alpha value is 2.46. The maximum absolute atomic E-state index is 0. The molecular formula is H8AlNaSiTi. The molecule has 0 aromatic rings. The van der Waals surface area contributed by atoms with E-state index < -0.39 is 0 Å². The van der Waals surface area contributed by atoms with Gasteiger partial charge in [-0.15, -0.1) is 0 Å². The summed E-state index contributed by atoms with van der Waals surface area (Å²) in [5, 5.41) is 0. The summed E-state index contributed by atoms with van der Waals surface area (Å²) in [6.07, 6.45) is 0. The Morgan fingerprint density at radius 3 is 1.00 bits per heavy atom. The van der Waals surface area contributed by atoms with Gasteiger partial charge in [0.05, 0.1) is 0 Å². The van der Waals surface area contributed by atoms with Crippen LogP contribution in [0.4, 0.5) is 0 Å². The first-order valence-corrected chi connectivity index (χ1v) is 0. The second-order valence-corrected chi connectivity index (χ2v) is 0. The first-order chi connectivity index (χ1) is 0. The zero-order chi connectivity index (χ0) is 0. The number of hydrogen-bond donors (Lipinski definition) is 0. The molecule has 0 rings (SSSR count). The maximum Gasteiger partial charge on any atom is 0 e. The third-order valence-corrected chi connectivity index (χ3v) is 0. The van der Waals surface area contributed by atoms with Crippen LogP contribution in [0.1, 0.15) is 0 Å². The molecule has 0 nitrogen and oxygen atoms in total. The van der Waals surface area contributed by atoms with Crippen molar-refractivity contribution in [3.05, 3.63) is 0 Å². The summed E-state index contributed by atoms with van der Waals surface area (Å²) in [6, 6.07) is 0. The maximum atomic E-state index is 0. The molecule has 0 bridgehead atoms. The van der Waals surface area contributed by atoms with Gasteiger partial charge in [0.25, 0.3) is 0 Å². The predicted molar refractivity (Wildman–Crippen MR) is 28.4 cm³/mol. The van der Waals surface area contributed by atoms with E-state index in [9.17, 15) is 0 Å². The Bertz CT molecular complexity index is 8.00. The molecule has 0 unspecified atom stereocenters. The smallest absolute Gasteiger partial charge is 0 e. The Kier molecular flexibility index (Phi) is 143. The quantitative estimate of drug-likeness (QED) is 0.305. The number of hydrogen-bond acceptors (Lipinski definition) is 0. The topological polar surface area (TPSA) is 0 Å². The summed E-state index contributed by atoms with van der Waals surface area (Å²) in [6.45, 7) is 0. The Morgan fingerprint density at radius 2 is 1.00 bits per heavy atom. The van der Waals surface area contributed by atoms with Gasteiger partial charge < -0.3 is 0 Å². The monoisotopic (exact) mass is 134 g/mol. The van der Waals surface area contributed by atoms with Crippen LogP contribution in [0.25, 0.3) is 0 Å². The molecule has 4 heteroatoms. The van der Waals surface area contributed by atoms with Crippen molar-refractivity contribution in [3.8, 4) is 0 Å². The fraction of sp³-hybridized carbons (Fsp3) is 0. The first-order valence-electron chi connectivity index (χ1n) is 0. The summed E-state index contributed by atoms with van der Waals surface area (Å²) in [5.74, 6) is 0. The van der Waals surface area contributed by atoms with E-state index in [1.165, 1.54) is 0 Å². The third kappa shape index (κ3) is 8.82. The molecule has 0 amide bonds. The molecule has 0 saturated heterocycles. The average molecular weight is 134 g/mol. The Balaban J connectivity index is 0. The minimum absolute atomic E-state index is 0. The summed E-state index contributed by atoms with van der Waals surface area (Å²) >= 11 is 0. The Labute approximate surface area is 78.4 Å². The summed E-state index contributed by atoms with van der Waals surface area (Å²) in [7, 11) is 0. The molecule has 4 heavy (non-hydrogen) atoms. The van der Waals surface area contributed by atoms with Gasteiger partial charge in [-0.3, -0.25) is 0 Å². The molecule has 0 N–H and O–H groups in total. The van der Waals surface area contributed by atoms with E-state index >= 15 is 0 Å². The van der Waals surface area contributed by atoms with Crippen LogP contribution in [0, 0.1) is 0 Å². The predicted octanol–water partition coefficient (Wildman–Crippen LogP) is -3.29. The van der Waals surface area contributed by atoms with E-state index in [2.05, 4.69) is 0 Å². The minimum Gasteiger partial charge on any atom is -0.0149 e. The second kappa shape index (κ2) is 17.9. The van der Waals surface area contributed by atoms with Crippen LogP contribution < -0.4 is 0 Å². The van der Waals surface area contributed by atoms with E-state index in [1.807, 2.05) is 0 Å². The van der Waals surface area contributed by atoms with Gasteiger partial charge in [-0.2, -0.15) is 0 Å². The van der Waals surface area contributed by atoms with Crippen LogP contribution in [0.15, 0.2) is 0 Å². The molecule has 0 aliphatic heterocycles. The van der Waals surface area contributed by atoms with Crippen molar-refractivity contribution in [1.29, 1.82) is 0 Å². The summed E-state index contributed by atoms with van der Waals surface area (Å²) < 4.78 is 0. The van der Waals surface area contributed by atoms with Crippen LogP contribution in [-0.2, 0) is 21.7 Å². The SMILES string of the molecule is [AlH3].[NaH].[SiH4].[Ti]. The molecule has 0 radical (unpaired) electrons. The second-order valence-electron chi connectivity index (χ2n) is 0. The molecule has 0 saturated carbocycles. The van der Waals surface area contributed by atoms with E-state index in [0.717, 1.165) is 0 Å². The van der Waals surface area contributed by atoms with Crippen molar-refractivity contribution in [2.75, 3.05) is 0 Å². The van der Waals surface area contributed by atoms with Crippen LogP contribution >= 0.6 is 0 Å². The largest absolute Gasteiger partial charge is 0.0149 e. The van der Waals surface area contributed by atoms with E-state index in [4.69, 9.17) is 0 Å². The molecule has 0 atom stereocenters. The zero-order valence-electron chi connectivity index (χ0n) is 0.500. The summed E-state index contributed by atoms with van der Waals surface area (Å²) in [4.78, 5) is 0. The van der Waals surface area contributed by atoms with Gasteiger partial charge in [0.2, 0.25) is 0 Å².